The molecule has 5 rings (SSSR count). The molecule has 1 heterocycles. The summed E-state index contributed by atoms with van der Waals surface area (Å²) in [4.78, 5) is 39.8. The Morgan fingerprint density at radius 2 is 1.55 bits per heavy atom. The third kappa shape index (κ3) is 2.72. The number of fused-ring (bicyclic) bond motifs is 5. The Bertz CT molecular complexity index is 1040. The lowest BCUT2D eigenvalue weighted by molar-refractivity contribution is -0.123. The molecule has 1 aliphatic heterocycles. The van der Waals surface area contributed by atoms with Crippen molar-refractivity contribution in [3.05, 3.63) is 71.3 Å². The van der Waals surface area contributed by atoms with Crippen molar-refractivity contribution in [2.45, 2.75) is 20.3 Å². The van der Waals surface area contributed by atoms with Gasteiger partial charge in [0, 0.05) is 11.3 Å². The number of nitrogens with one attached hydrogen (secondary N) is 1. The molecule has 2 bridgehead atoms. The first-order chi connectivity index (χ1) is 13.9. The molecule has 0 aromatic heterocycles. The van der Waals surface area contributed by atoms with Crippen LogP contribution in [0.15, 0.2) is 54.6 Å². The summed E-state index contributed by atoms with van der Waals surface area (Å²) in [6.45, 7) is 3.92. The van der Waals surface area contributed by atoms with E-state index in [1.54, 1.807) is 24.3 Å². The number of imide groups is 1. The van der Waals surface area contributed by atoms with Gasteiger partial charge in [-0.1, -0.05) is 24.3 Å². The van der Waals surface area contributed by atoms with Crippen LogP contribution >= 0.6 is 0 Å². The van der Waals surface area contributed by atoms with Crippen molar-refractivity contribution in [2.24, 2.45) is 23.7 Å². The number of rotatable bonds is 3. The van der Waals surface area contributed by atoms with E-state index < -0.39 is 0 Å². The van der Waals surface area contributed by atoms with Gasteiger partial charge < -0.3 is 5.32 Å². The van der Waals surface area contributed by atoms with Gasteiger partial charge in [-0.2, -0.15) is 0 Å². The monoisotopic (exact) mass is 386 g/mol. The van der Waals surface area contributed by atoms with Crippen LogP contribution in [0.1, 0.15) is 27.9 Å². The highest BCUT2D eigenvalue weighted by Crippen LogP contribution is 2.53. The van der Waals surface area contributed by atoms with Gasteiger partial charge >= 0.3 is 0 Å². The summed E-state index contributed by atoms with van der Waals surface area (Å²) >= 11 is 0. The lowest BCUT2D eigenvalue weighted by Crippen LogP contribution is -2.32. The molecule has 146 valence electrons. The smallest absolute Gasteiger partial charge is 0.255 e. The van der Waals surface area contributed by atoms with Crippen LogP contribution in [-0.2, 0) is 9.59 Å². The number of allylic oxidation sites excluding steroid dienone is 2. The van der Waals surface area contributed by atoms with Crippen molar-refractivity contribution in [3.63, 3.8) is 0 Å². The Kier molecular flexibility index (Phi) is 3.95. The maximum absolute atomic E-state index is 12.9. The fourth-order valence-electron chi connectivity index (χ4n) is 4.98. The molecule has 2 fully saturated rings. The second kappa shape index (κ2) is 6.41. The topological polar surface area (TPSA) is 66.5 Å². The minimum absolute atomic E-state index is 0.107. The number of anilines is 2. The quantitative estimate of drug-likeness (QED) is 0.643. The third-order valence-electron chi connectivity index (χ3n) is 6.50. The highest BCUT2D eigenvalue weighted by molar-refractivity contribution is 6.23. The Morgan fingerprint density at radius 1 is 0.931 bits per heavy atom. The van der Waals surface area contributed by atoms with E-state index in [-0.39, 0.29) is 41.4 Å². The second-order valence-electron chi connectivity index (χ2n) is 8.33. The summed E-state index contributed by atoms with van der Waals surface area (Å²) in [5, 5.41) is 2.93. The zero-order valence-electron chi connectivity index (χ0n) is 16.4. The zero-order valence-corrected chi connectivity index (χ0v) is 16.4. The molecule has 2 aromatic rings. The molecule has 5 nitrogen and oxygen atoms in total. The van der Waals surface area contributed by atoms with Crippen LogP contribution in [0.5, 0.6) is 0 Å². The lowest BCUT2D eigenvalue weighted by atomic mass is 9.85. The van der Waals surface area contributed by atoms with Gasteiger partial charge in [-0.25, -0.2) is 0 Å². The minimum Gasteiger partial charge on any atom is -0.322 e. The predicted molar refractivity (Wildman–Crippen MR) is 111 cm³/mol. The Morgan fingerprint density at radius 3 is 2.17 bits per heavy atom. The zero-order chi connectivity index (χ0) is 20.3. The van der Waals surface area contributed by atoms with E-state index in [4.69, 9.17) is 0 Å². The number of carbonyl (C=O) groups excluding carboxylic acids is 3. The molecule has 29 heavy (non-hydrogen) atoms. The van der Waals surface area contributed by atoms with Gasteiger partial charge in [0.1, 0.15) is 0 Å². The number of amides is 3. The molecule has 0 radical (unpaired) electrons. The van der Waals surface area contributed by atoms with Crippen molar-refractivity contribution in [3.8, 4) is 0 Å². The number of nitrogens with zero attached hydrogens (tertiary/aromatic N) is 1. The fourth-order valence-corrected chi connectivity index (χ4v) is 4.98. The molecular weight excluding hydrogens is 364 g/mol. The van der Waals surface area contributed by atoms with Crippen LogP contribution in [0.4, 0.5) is 11.4 Å². The Balaban J connectivity index is 1.36. The van der Waals surface area contributed by atoms with E-state index >= 15 is 0 Å². The summed E-state index contributed by atoms with van der Waals surface area (Å²) < 4.78 is 0. The standard InChI is InChI=1S/C24H22N2O3/c1-13-3-4-14(2)19(11-13)25-22(27)15-7-9-18(10-8-15)26-23(28)20-16-5-6-17(12-16)21(20)24(26)29/h3-11,16-17,20-21H,12H2,1-2H3,(H,25,27)/t16-,17-,20-,21+/m0/s1. The predicted octanol–water partition coefficient (Wildman–Crippen LogP) is 3.87. The molecule has 3 aliphatic rings. The van der Waals surface area contributed by atoms with E-state index in [1.807, 2.05) is 32.0 Å². The Hall–Kier alpha value is -3.21. The number of aryl methyl sites for hydroxylation is 2. The molecule has 0 unspecified atom stereocenters. The summed E-state index contributed by atoms with van der Waals surface area (Å²) in [6, 6.07) is 12.6. The lowest BCUT2D eigenvalue weighted by Gasteiger charge is -2.17. The van der Waals surface area contributed by atoms with Gasteiger partial charge in [0.2, 0.25) is 11.8 Å². The maximum Gasteiger partial charge on any atom is 0.255 e. The van der Waals surface area contributed by atoms with Gasteiger partial charge in [-0.05, 0) is 73.6 Å². The molecule has 3 amide bonds. The molecule has 5 heteroatoms. The molecule has 1 saturated carbocycles. The van der Waals surface area contributed by atoms with Gasteiger partial charge in [-0.3, -0.25) is 19.3 Å². The van der Waals surface area contributed by atoms with Gasteiger partial charge in [0.25, 0.3) is 5.91 Å². The van der Waals surface area contributed by atoms with Gasteiger partial charge in [-0.15, -0.1) is 0 Å². The fraction of sp³-hybridized carbons (Fsp3) is 0.292. The van der Waals surface area contributed by atoms with E-state index in [9.17, 15) is 14.4 Å². The van der Waals surface area contributed by atoms with Crippen LogP contribution in [0.2, 0.25) is 0 Å². The average Bonchev–Trinajstić information content (AvgIpc) is 3.39. The van der Waals surface area contributed by atoms with Gasteiger partial charge in [0.15, 0.2) is 0 Å². The summed E-state index contributed by atoms with van der Waals surface area (Å²) in [5.74, 6) is -0.491. The highest BCUT2D eigenvalue weighted by Gasteiger charge is 2.59. The number of hydrogen-bond donors (Lipinski definition) is 1. The first kappa shape index (κ1) is 17.9. The van der Waals surface area contributed by atoms with E-state index in [0.29, 0.717) is 11.3 Å². The molecule has 2 aliphatic carbocycles. The highest BCUT2D eigenvalue weighted by atomic mass is 16.2. The van der Waals surface area contributed by atoms with Crippen LogP contribution in [0.25, 0.3) is 0 Å². The summed E-state index contributed by atoms with van der Waals surface area (Å²) in [6.07, 6.45) is 5.08. The molecule has 2 aromatic carbocycles. The number of hydrogen-bond acceptors (Lipinski definition) is 3. The molecule has 4 atom stereocenters. The average molecular weight is 386 g/mol. The minimum atomic E-state index is -0.219. The number of carbonyl (C=O) groups is 3. The first-order valence-electron chi connectivity index (χ1n) is 9.99. The Labute approximate surface area is 169 Å². The largest absolute Gasteiger partial charge is 0.322 e. The summed E-state index contributed by atoms with van der Waals surface area (Å²) in [5.41, 5.74) is 3.86. The van der Waals surface area contributed by atoms with Crippen LogP contribution in [0.3, 0.4) is 0 Å². The molecule has 0 spiro atoms. The molecular formula is C24H22N2O3. The second-order valence-corrected chi connectivity index (χ2v) is 8.33. The summed E-state index contributed by atoms with van der Waals surface area (Å²) in [7, 11) is 0. The van der Waals surface area contributed by atoms with Gasteiger partial charge in [0.05, 0.1) is 17.5 Å². The number of benzene rings is 2. The SMILES string of the molecule is Cc1ccc(C)c(NC(=O)c2ccc(N3C(=O)[C@@H]4[C@H](C3=O)[C@H]3C=C[C@H]4C3)cc2)c1. The van der Waals surface area contributed by atoms with Crippen molar-refractivity contribution in [1.82, 2.24) is 0 Å². The van der Waals surface area contributed by atoms with Crippen molar-refractivity contribution in [1.29, 1.82) is 0 Å². The maximum atomic E-state index is 12.9. The van der Waals surface area contributed by atoms with Crippen LogP contribution < -0.4 is 10.2 Å². The van der Waals surface area contributed by atoms with Crippen molar-refractivity contribution in [2.75, 3.05) is 10.2 Å². The molecule has 1 saturated heterocycles. The third-order valence-corrected chi connectivity index (χ3v) is 6.50. The van der Waals surface area contributed by atoms with Crippen molar-refractivity contribution >= 4 is 29.1 Å². The normalized spacial score (nSPS) is 26.9. The molecule has 1 N–H and O–H groups in total. The van der Waals surface area contributed by atoms with Crippen molar-refractivity contribution < 1.29 is 14.4 Å². The van der Waals surface area contributed by atoms with Crippen LogP contribution in [0, 0.1) is 37.5 Å². The van der Waals surface area contributed by atoms with Crippen LogP contribution in [-0.4, -0.2) is 17.7 Å². The van der Waals surface area contributed by atoms with E-state index in [1.165, 1.54) is 4.90 Å². The van der Waals surface area contributed by atoms with E-state index in [2.05, 4.69) is 17.5 Å². The first-order valence-corrected chi connectivity index (χ1v) is 9.99. The van der Waals surface area contributed by atoms with E-state index in [0.717, 1.165) is 23.2 Å².